The topological polar surface area (TPSA) is 69.8 Å². The van der Waals surface area contributed by atoms with Crippen LogP contribution in [0.4, 0.5) is 26.3 Å². The van der Waals surface area contributed by atoms with Crippen LogP contribution in [0.15, 0.2) is 54.6 Å². The molecule has 0 atom stereocenters. The van der Waals surface area contributed by atoms with Crippen LogP contribution in [0.1, 0.15) is 85.7 Å². The molecule has 282 valence electrons. The van der Waals surface area contributed by atoms with Gasteiger partial charge in [-0.25, -0.2) is 0 Å². The predicted octanol–water partition coefficient (Wildman–Crippen LogP) is 11.8. The number of ether oxygens (including phenoxy) is 4. The molecule has 0 radical (unpaired) electrons. The maximum absolute atomic E-state index is 13.7. The van der Waals surface area contributed by atoms with E-state index in [0.29, 0.717) is 44.7 Å². The quantitative estimate of drug-likeness (QED) is 0.0927. The van der Waals surface area contributed by atoms with Gasteiger partial charge in [0, 0.05) is 21.9 Å². The number of carbonyl (C=O) groups is 1. The minimum absolute atomic E-state index is 0.0425. The first kappa shape index (κ1) is 39.6. The normalized spacial score (nSPS) is 15.4. The zero-order valence-corrected chi connectivity index (χ0v) is 30.7. The molecule has 6 rings (SSSR count). The molecule has 1 N–H and O–H groups in total. The summed E-state index contributed by atoms with van der Waals surface area (Å²) in [4.78, 5) is 14.6. The highest BCUT2D eigenvalue weighted by molar-refractivity contribution is 9.08. The van der Waals surface area contributed by atoms with E-state index < -0.39 is 23.5 Å². The van der Waals surface area contributed by atoms with Gasteiger partial charge in [-0.1, -0.05) is 39.7 Å². The standard InChI is InChI=1S/C25H25ClF3NO4.C13H14BrF3O/c1-32-23(31)11-9-21-24(26)18-13-17(7-8-20(18)30-21)33-14-15-6-10-22(19(12-15)25(27,28)29)34-16-4-2-3-5-16;14-8-9-5-6-12(11(7-9)13(15,16)17)18-10-3-1-2-4-10/h6-8,10,12-13,16,30H,2-5,9,11,14H2,1H3;5-7,10H,1-4,8H2. The third kappa shape index (κ3) is 10.5. The minimum atomic E-state index is -4.53. The Labute approximate surface area is 311 Å². The first-order chi connectivity index (χ1) is 24.7. The number of hydrogen-bond acceptors (Lipinski definition) is 5. The van der Waals surface area contributed by atoms with E-state index in [0.717, 1.165) is 69.0 Å². The van der Waals surface area contributed by atoms with E-state index in [1.165, 1.54) is 19.2 Å². The fraction of sp³-hybridized carbons (Fsp3) is 0.447. The molecule has 0 unspecified atom stereocenters. The number of aromatic nitrogens is 1. The fourth-order valence-electron chi connectivity index (χ4n) is 6.30. The SMILES string of the molecule is COC(=O)CCc1[nH]c2ccc(OCc3ccc(OC4CCCC4)c(C(F)(F)F)c3)cc2c1Cl.FC(F)(F)c1cc(CBr)ccc1OC1CCCC1. The van der Waals surface area contributed by atoms with Gasteiger partial charge in [0.2, 0.25) is 0 Å². The summed E-state index contributed by atoms with van der Waals surface area (Å²) in [6.07, 6.45) is -1.30. The lowest BCUT2D eigenvalue weighted by Gasteiger charge is -2.19. The minimum Gasteiger partial charge on any atom is -0.490 e. The molecule has 2 saturated carbocycles. The number of nitrogens with one attached hydrogen (secondary N) is 1. The van der Waals surface area contributed by atoms with Gasteiger partial charge in [0.05, 0.1) is 41.9 Å². The summed E-state index contributed by atoms with van der Waals surface area (Å²) in [6, 6.07) is 13.5. The molecule has 1 aromatic heterocycles. The van der Waals surface area contributed by atoms with Crippen molar-refractivity contribution in [1.82, 2.24) is 4.98 Å². The molecular weight excluding hydrogens is 780 g/mol. The Morgan fingerprint density at radius 3 is 1.87 bits per heavy atom. The van der Waals surface area contributed by atoms with Gasteiger partial charge in [0.15, 0.2) is 0 Å². The van der Waals surface area contributed by atoms with Gasteiger partial charge >= 0.3 is 18.3 Å². The third-order valence-electron chi connectivity index (χ3n) is 9.04. The number of alkyl halides is 7. The van der Waals surface area contributed by atoms with Crippen molar-refractivity contribution in [3.63, 3.8) is 0 Å². The van der Waals surface area contributed by atoms with Crippen LogP contribution in [0, 0.1) is 0 Å². The van der Waals surface area contributed by atoms with Crippen molar-refractivity contribution < 1.29 is 50.1 Å². The number of aryl methyl sites for hydroxylation is 1. The second-order valence-corrected chi connectivity index (χ2v) is 13.8. The van der Waals surface area contributed by atoms with Gasteiger partial charge < -0.3 is 23.9 Å². The fourth-order valence-corrected chi connectivity index (χ4v) is 6.95. The number of esters is 1. The predicted molar refractivity (Wildman–Crippen MR) is 189 cm³/mol. The largest absolute Gasteiger partial charge is 0.490 e. The Hall–Kier alpha value is -3.58. The summed E-state index contributed by atoms with van der Waals surface area (Å²) in [5.41, 5.74) is 0.981. The maximum Gasteiger partial charge on any atom is 0.419 e. The van der Waals surface area contributed by atoms with Crippen LogP contribution in [0.25, 0.3) is 10.9 Å². The maximum atomic E-state index is 13.7. The van der Waals surface area contributed by atoms with Crippen molar-refractivity contribution in [3.8, 4) is 17.2 Å². The van der Waals surface area contributed by atoms with Gasteiger partial charge in [-0.2, -0.15) is 26.3 Å². The van der Waals surface area contributed by atoms with E-state index in [2.05, 4.69) is 25.7 Å². The molecule has 0 saturated heterocycles. The highest BCUT2D eigenvalue weighted by Crippen LogP contribution is 2.40. The lowest BCUT2D eigenvalue weighted by atomic mass is 10.1. The molecule has 2 aliphatic rings. The van der Waals surface area contributed by atoms with Crippen molar-refractivity contribution in [2.75, 3.05) is 7.11 Å². The Bertz CT molecular complexity index is 1820. The molecule has 2 aliphatic carbocycles. The number of H-pyrrole nitrogens is 1. The van der Waals surface area contributed by atoms with Gasteiger partial charge in [-0.3, -0.25) is 4.79 Å². The molecule has 52 heavy (non-hydrogen) atoms. The first-order valence-corrected chi connectivity index (χ1v) is 18.5. The van der Waals surface area contributed by atoms with Crippen LogP contribution in [0.5, 0.6) is 17.2 Å². The van der Waals surface area contributed by atoms with Crippen molar-refractivity contribution in [1.29, 1.82) is 0 Å². The lowest BCUT2D eigenvalue weighted by molar-refractivity contribution is -0.141. The number of hydrogen-bond donors (Lipinski definition) is 1. The summed E-state index contributed by atoms with van der Waals surface area (Å²) in [5.74, 6) is -0.0494. The van der Waals surface area contributed by atoms with Crippen LogP contribution < -0.4 is 14.2 Å². The Balaban J connectivity index is 0.000000244. The highest BCUT2D eigenvalue weighted by atomic mass is 79.9. The number of carbonyl (C=O) groups excluding carboxylic acids is 1. The van der Waals surface area contributed by atoms with Crippen molar-refractivity contribution in [2.45, 2.75) is 101 Å². The number of fused-ring (bicyclic) bond motifs is 1. The van der Waals surface area contributed by atoms with E-state index in [1.807, 2.05) is 0 Å². The first-order valence-electron chi connectivity index (χ1n) is 17.0. The Morgan fingerprint density at radius 2 is 1.35 bits per heavy atom. The second-order valence-electron chi connectivity index (χ2n) is 12.8. The zero-order valence-electron chi connectivity index (χ0n) is 28.4. The van der Waals surface area contributed by atoms with Crippen molar-refractivity contribution >= 4 is 44.4 Å². The smallest absolute Gasteiger partial charge is 0.419 e. The number of halogens is 8. The molecule has 1 heterocycles. The average molecular weight is 819 g/mol. The van der Waals surface area contributed by atoms with Crippen molar-refractivity contribution in [2.24, 2.45) is 0 Å². The average Bonchev–Trinajstić information content (AvgIpc) is 3.89. The summed E-state index contributed by atoms with van der Waals surface area (Å²) in [7, 11) is 1.33. The molecule has 0 aliphatic heterocycles. The molecule has 2 fully saturated rings. The molecule has 4 aromatic rings. The van der Waals surface area contributed by atoms with Crippen LogP contribution >= 0.6 is 27.5 Å². The molecule has 0 spiro atoms. The molecule has 14 heteroatoms. The molecule has 6 nitrogen and oxygen atoms in total. The summed E-state index contributed by atoms with van der Waals surface area (Å²) < 4.78 is 101. The summed E-state index contributed by atoms with van der Waals surface area (Å²) in [5, 5.41) is 1.58. The third-order valence-corrected chi connectivity index (χ3v) is 10.1. The number of aromatic amines is 1. The van der Waals surface area contributed by atoms with Crippen LogP contribution in [0.3, 0.4) is 0 Å². The Morgan fingerprint density at radius 1 is 0.808 bits per heavy atom. The summed E-state index contributed by atoms with van der Waals surface area (Å²) >= 11 is 9.62. The van der Waals surface area contributed by atoms with Crippen LogP contribution in [-0.4, -0.2) is 30.3 Å². The van der Waals surface area contributed by atoms with Crippen LogP contribution in [-0.2, 0) is 40.2 Å². The second kappa shape index (κ2) is 17.5. The van der Waals surface area contributed by atoms with Gasteiger partial charge in [0.25, 0.3) is 0 Å². The lowest BCUT2D eigenvalue weighted by Crippen LogP contribution is -2.16. The number of rotatable bonds is 11. The molecular formula is C38H39BrClF6NO5. The Kier molecular flexibility index (Phi) is 13.3. The summed E-state index contributed by atoms with van der Waals surface area (Å²) in [6.45, 7) is -0.0461. The van der Waals surface area contributed by atoms with E-state index in [4.69, 9.17) is 25.8 Å². The number of methoxy groups -OCH3 is 1. The van der Waals surface area contributed by atoms with E-state index in [9.17, 15) is 31.1 Å². The molecule has 3 aromatic carbocycles. The zero-order chi connectivity index (χ0) is 37.5. The molecule has 0 amide bonds. The van der Waals surface area contributed by atoms with Crippen molar-refractivity contribution in [3.05, 3.63) is 87.6 Å². The number of benzene rings is 3. The van der Waals surface area contributed by atoms with E-state index in [-0.39, 0.29) is 42.7 Å². The highest BCUT2D eigenvalue weighted by Gasteiger charge is 2.36. The van der Waals surface area contributed by atoms with Gasteiger partial charge in [-0.05, 0) is 111 Å². The van der Waals surface area contributed by atoms with Crippen LogP contribution in [0.2, 0.25) is 5.02 Å². The van der Waals surface area contributed by atoms with E-state index in [1.54, 1.807) is 30.3 Å². The molecule has 0 bridgehead atoms. The van der Waals surface area contributed by atoms with E-state index >= 15 is 0 Å². The monoisotopic (exact) mass is 817 g/mol. The van der Waals surface area contributed by atoms with Gasteiger partial charge in [-0.15, -0.1) is 0 Å². The van der Waals surface area contributed by atoms with Gasteiger partial charge in [0.1, 0.15) is 23.9 Å².